The largest absolute Gasteiger partial charge is 0.316 e. The quantitative estimate of drug-likeness (QED) is 0.794. The van der Waals surface area contributed by atoms with Gasteiger partial charge in [-0.2, -0.15) is 0 Å². The van der Waals surface area contributed by atoms with Crippen molar-refractivity contribution in [3.05, 3.63) is 47.0 Å². The molecule has 0 fully saturated rings. The Labute approximate surface area is 88.7 Å². The van der Waals surface area contributed by atoms with Crippen molar-refractivity contribution in [1.82, 2.24) is 5.32 Å². The fourth-order valence-corrected chi connectivity index (χ4v) is 1.92. The lowest BCUT2D eigenvalue weighted by atomic mass is 10.0. The lowest BCUT2D eigenvalue weighted by Crippen LogP contribution is -2.05. The molecule has 0 aliphatic rings. The molecule has 0 aliphatic heterocycles. The predicted octanol–water partition coefficient (Wildman–Crippen LogP) is 3.21. The van der Waals surface area contributed by atoms with Gasteiger partial charge in [-0.3, -0.25) is 0 Å². The molecule has 1 N–H and O–H groups in total. The number of fused-ring (bicyclic) bond motifs is 1. The normalized spacial score (nSPS) is 10.7. The van der Waals surface area contributed by atoms with Gasteiger partial charge in [0.1, 0.15) is 0 Å². The molecule has 2 aromatic carbocycles. The van der Waals surface area contributed by atoms with E-state index in [2.05, 4.69) is 23.5 Å². The minimum absolute atomic E-state index is 0.820. The smallest absolute Gasteiger partial charge is 0.0484 e. The van der Waals surface area contributed by atoms with Gasteiger partial charge in [-0.1, -0.05) is 41.9 Å². The van der Waals surface area contributed by atoms with Crippen LogP contribution in [0, 0.1) is 0 Å². The summed E-state index contributed by atoms with van der Waals surface area (Å²) in [5.41, 5.74) is 1.28. The molecule has 0 atom stereocenters. The molecule has 0 saturated heterocycles. The Balaban J connectivity index is 2.68. The lowest BCUT2D eigenvalue weighted by molar-refractivity contribution is 0.824. The van der Waals surface area contributed by atoms with Crippen LogP contribution in [-0.4, -0.2) is 7.05 Å². The van der Waals surface area contributed by atoms with Crippen LogP contribution in [0.2, 0.25) is 5.02 Å². The van der Waals surface area contributed by atoms with E-state index in [9.17, 15) is 0 Å². The minimum atomic E-state index is 0.820. The zero-order valence-electron chi connectivity index (χ0n) is 8.05. The van der Waals surface area contributed by atoms with Crippen LogP contribution in [0.25, 0.3) is 10.8 Å². The third-order valence-corrected chi connectivity index (χ3v) is 2.66. The highest BCUT2D eigenvalue weighted by atomic mass is 35.5. The van der Waals surface area contributed by atoms with Crippen molar-refractivity contribution in [1.29, 1.82) is 0 Å². The molecule has 0 spiro atoms. The van der Waals surface area contributed by atoms with Crippen molar-refractivity contribution >= 4 is 22.4 Å². The standard InChI is InChI=1S/C12H12ClN/c1-14-8-9-4-2-6-11-10(9)5-3-7-12(11)13/h2-7,14H,8H2,1H3. The van der Waals surface area contributed by atoms with Crippen molar-refractivity contribution in [3.8, 4) is 0 Å². The second-order valence-corrected chi connectivity index (χ2v) is 3.69. The van der Waals surface area contributed by atoms with Crippen molar-refractivity contribution in [3.63, 3.8) is 0 Å². The van der Waals surface area contributed by atoms with E-state index in [0.29, 0.717) is 0 Å². The summed E-state index contributed by atoms with van der Waals surface area (Å²) in [6, 6.07) is 12.2. The van der Waals surface area contributed by atoms with Gasteiger partial charge >= 0.3 is 0 Å². The SMILES string of the molecule is CNCc1cccc2c(Cl)cccc12. The van der Waals surface area contributed by atoms with E-state index in [1.807, 2.05) is 25.2 Å². The zero-order chi connectivity index (χ0) is 9.97. The van der Waals surface area contributed by atoms with Crippen LogP contribution in [-0.2, 0) is 6.54 Å². The second-order valence-electron chi connectivity index (χ2n) is 3.28. The third kappa shape index (κ3) is 1.61. The fraction of sp³-hybridized carbons (Fsp3) is 0.167. The lowest BCUT2D eigenvalue weighted by Gasteiger charge is -2.06. The molecule has 0 aliphatic carbocycles. The van der Waals surface area contributed by atoms with E-state index < -0.39 is 0 Å². The maximum absolute atomic E-state index is 6.11. The van der Waals surface area contributed by atoms with Gasteiger partial charge in [-0.15, -0.1) is 0 Å². The molecule has 0 radical (unpaired) electrons. The highest BCUT2D eigenvalue weighted by Crippen LogP contribution is 2.25. The van der Waals surface area contributed by atoms with Crippen LogP contribution in [0.5, 0.6) is 0 Å². The Bertz CT molecular complexity index is 451. The first-order valence-electron chi connectivity index (χ1n) is 4.63. The zero-order valence-corrected chi connectivity index (χ0v) is 8.81. The van der Waals surface area contributed by atoms with E-state index in [1.54, 1.807) is 0 Å². The molecule has 0 heterocycles. The summed E-state index contributed by atoms with van der Waals surface area (Å²) in [5.74, 6) is 0. The molecule has 0 amide bonds. The molecule has 2 aromatic rings. The van der Waals surface area contributed by atoms with Gasteiger partial charge in [0.15, 0.2) is 0 Å². The second kappa shape index (κ2) is 3.99. The van der Waals surface area contributed by atoms with Crippen LogP contribution in [0.3, 0.4) is 0 Å². The first-order chi connectivity index (χ1) is 6.83. The van der Waals surface area contributed by atoms with Gasteiger partial charge in [-0.25, -0.2) is 0 Å². The molecule has 14 heavy (non-hydrogen) atoms. The summed E-state index contributed by atoms with van der Waals surface area (Å²) in [7, 11) is 1.95. The predicted molar refractivity (Wildman–Crippen MR) is 61.7 cm³/mol. The Morgan fingerprint density at radius 1 is 1.07 bits per heavy atom. The summed E-state index contributed by atoms with van der Waals surface area (Å²) in [5, 5.41) is 6.33. The Hall–Kier alpha value is -1.05. The van der Waals surface area contributed by atoms with E-state index >= 15 is 0 Å². The van der Waals surface area contributed by atoms with Crippen LogP contribution < -0.4 is 5.32 Å². The van der Waals surface area contributed by atoms with Crippen LogP contribution >= 0.6 is 11.6 Å². The number of hydrogen-bond donors (Lipinski definition) is 1. The highest BCUT2D eigenvalue weighted by molar-refractivity contribution is 6.35. The summed E-state index contributed by atoms with van der Waals surface area (Å²) in [4.78, 5) is 0. The van der Waals surface area contributed by atoms with Gasteiger partial charge in [0.05, 0.1) is 0 Å². The van der Waals surface area contributed by atoms with Gasteiger partial charge in [-0.05, 0) is 24.1 Å². The molecule has 0 aromatic heterocycles. The van der Waals surface area contributed by atoms with E-state index in [0.717, 1.165) is 17.0 Å². The van der Waals surface area contributed by atoms with Crippen LogP contribution in [0.4, 0.5) is 0 Å². The van der Waals surface area contributed by atoms with Crippen molar-refractivity contribution in [2.24, 2.45) is 0 Å². The average molecular weight is 206 g/mol. The van der Waals surface area contributed by atoms with Crippen LogP contribution in [0.15, 0.2) is 36.4 Å². The van der Waals surface area contributed by atoms with E-state index in [1.165, 1.54) is 10.9 Å². The van der Waals surface area contributed by atoms with Gasteiger partial charge < -0.3 is 5.32 Å². The Morgan fingerprint density at radius 2 is 1.79 bits per heavy atom. The molecule has 72 valence electrons. The number of benzene rings is 2. The molecule has 0 saturated carbocycles. The summed E-state index contributed by atoms with van der Waals surface area (Å²) >= 11 is 6.11. The number of nitrogens with one attached hydrogen (secondary N) is 1. The maximum Gasteiger partial charge on any atom is 0.0484 e. The first kappa shape index (κ1) is 9.50. The van der Waals surface area contributed by atoms with Gasteiger partial charge in [0.25, 0.3) is 0 Å². The van der Waals surface area contributed by atoms with Crippen molar-refractivity contribution in [2.75, 3.05) is 7.05 Å². The third-order valence-electron chi connectivity index (χ3n) is 2.33. The first-order valence-corrected chi connectivity index (χ1v) is 5.01. The molecule has 0 bridgehead atoms. The van der Waals surface area contributed by atoms with Crippen LogP contribution in [0.1, 0.15) is 5.56 Å². The minimum Gasteiger partial charge on any atom is -0.316 e. The topological polar surface area (TPSA) is 12.0 Å². The summed E-state index contributed by atoms with van der Waals surface area (Å²) in [6.07, 6.45) is 0. The fourth-order valence-electron chi connectivity index (χ4n) is 1.68. The van der Waals surface area contributed by atoms with Gasteiger partial charge in [0, 0.05) is 17.0 Å². The molecule has 1 nitrogen and oxygen atoms in total. The highest BCUT2D eigenvalue weighted by Gasteiger charge is 2.01. The van der Waals surface area contributed by atoms with Gasteiger partial charge in [0.2, 0.25) is 0 Å². The van der Waals surface area contributed by atoms with E-state index in [-0.39, 0.29) is 0 Å². The number of hydrogen-bond acceptors (Lipinski definition) is 1. The molecule has 2 rings (SSSR count). The molecule has 2 heteroatoms. The monoisotopic (exact) mass is 205 g/mol. The Kier molecular flexibility index (Phi) is 2.71. The van der Waals surface area contributed by atoms with Crippen molar-refractivity contribution in [2.45, 2.75) is 6.54 Å². The summed E-state index contributed by atoms with van der Waals surface area (Å²) in [6.45, 7) is 0.873. The average Bonchev–Trinajstić information content (AvgIpc) is 2.20. The molecular formula is C12H12ClN. The maximum atomic E-state index is 6.11. The molecule has 0 unspecified atom stereocenters. The van der Waals surface area contributed by atoms with Crippen molar-refractivity contribution < 1.29 is 0 Å². The van der Waals surface area contributed by atoms with E-state index in [4.69, 9.17) is 11.6 Å². The number of halogens is 1. The summed E-state index contributed by atoms with van der Waals surface area (Å²) < 4.78 is 0. The molecular weight excluding hydrogens is 194 g/mol. The Morgan fingerprint density at radius 3 is 2.57 bits per heavy atom. The number of rotatable bonds is 2.